The molecule has 1 aromatic carbocycles. The maximum atomic E-state index is 11.9. The van der Waals surface area contributed by atoms with Crippen molar-refractivity contribution >= 4 is 17.5 Å². The second kappa shape index (κ2) is 5.40. The van der Waals surface area contributed by atoms with E-state index in [0.717, 1.165) is 16.8 Å². The summed E-state index contributed by atoms with van der Waals surface area (Å²) in [6.07, 6.45) is 0.417. The first kappa shape index (κ1) is 13.5. The average Bonchev–Trinajstić information content (AvgIpc) is 2.76. The van der Waals surface area contributed by atoms with Gasteiger partial charge in [-0.2, -0.15) is 0 Å². The van der Waals surface area contributed by atoms with Crippen LogP contribution < -0.4 is 11.1 Å². The van der Waals surface area contributed by atoms with Gasteiger partial charge < -0.3 is 16.0 Å². The third-order valence-electron chi connectivity index (χ3n) is 3.37. The number of anilines is 1. The van der Waals surface area contributed by atoms with Crippen molar-refractivity contribution in [2.45, 2.75) is 19.9 Å². The molecule has 1 atom stereocenters. The second-order valence-corrected chi connectivity index (χ2v) is 5.05. The third-order valence-corrected chi connectivity index (χ3v) is 3.37. The van der Waals surface area contributed by atoms with E-state index < -0.39 is 0 Å². The van der Waals surface area contributed by atoms with Crippen LogP contribution in [0.1, 0.15) is 18.1 Å². The Morgan fingerprint density at radius 1 is 1.53 bits per heavy atom. The lowest BCUT2D eigenvalue weighted by molar-refractivity contribution is -0.133. The summed E-state index contributed by atoms with van der Waals surface area (Å²) in [4.78, 5) is 24.9. The van der Waals surface area contributed by atoms with Crippen LogP contribution >= 0.6 is 0 Å². The van der Waals surface area contributed by atoms with Crippen LogP contribution in [0.15, 0.2) is 18.2 Å². The summed E-state index contributed by atoms with van der Waals surface area (Å²) >= 11 is 0. The summed E-state index contributed by atoms with van der Waals surface area (Å²) in [5, 5.41) is 2.79. The number of nitrogens with zero attached hydrogens (tertiary/aromatic N) is 1. The van der Waals surface area contributed by atoms with Gasteiger partial charge in [0.1, 0.15) is 0 Å². The van der Waals surface area contributed by atoms with E-state index in [1.807, 2.05) is 25.1 Å². The predicted octanol–water partition coefficient (Wildman–Crippen LogP) is 0.734. The Morgan fingerprint density at radius 2 is 2.26 bits per heavy atom. The minimum Gasteiger partial charge on any atom is -0.341 e. The highest BCUT2D eigenvalue weighted by atomic mass is 16.2. The first-order valence-electron chi connectivity index (χ1n) is 6.38. The number of nitrogens with two attached hydrogens (primary N) is 1. The van der Waals surface area contributed by atoms with Crippen molar-refractivity contribution in [2.24, 2.45) is 11.7 Å². The maximum Gasteiger partial charge on any atom is 0.228 e. The molecule has 1 heterocycles. The minimum atomic E-state index is -0.164. The maximum absolute atomic E-state index is 11.9. The lowest BCUT2D eigenvalue weighted by Gasteiger charge is -2.21. The van der Waals surface area contributed by atoms with Crippen molar-refractivity contribution in [3.8, 4) is 0 Å². The van der Waals surface area contributed by atoms with Crippen LogP contribution in [0.25, 0.3) is 0 Å². The Morgan fingerprint density at radius 3 is 2.95 bits per heavy atom. The summed E-state index contributed by atoms with van der Waals surface area (Å²) in [5.41, 5.74) is 8.39. The fraction of sp³-hybridized carbons (Fsp3) is 0.429. The zero-order valence-corrected chi connectivity index (χ0v) is 11.3. The van der Waals surface area contributed by atoms with E-state index in [-0.39, 0.29) is 17.7 Å². The van der Waals surface area contributed by atoms with Gasteiger partial charge in [0, 0.05) is 31.7 Å². The zero-order valence-electron chi connectivity index (χ0n) is 11.3. The van der Waals surface area contributed by atoms with Gasteiger partial charge in [-0.15, -0.1) is 0 Å². The summed E-state index contributed by atoms with van der Waals surface area (Å²) < 4.78 is 0. The molecule has 0 saturated heterocycles. The smallest absolute Gasteiger partial charge is 0.228 e. The number of carbonyl (C=O) groups is 2. The number of hydrogen-bond acceptors (Lipinski definition) is 3. The van der Waals surface area contributed by atoms with E-state index in [9.17, 15) is 9.59 Å². The van der Waals surface area contributed by atoms with E-state index in [4.69, 9.17) is 5.73 Å². The normalized spacial score (nSPS) is 14.8. The molecule has 0 aliphatic carbocycles. The van der Waals surface area contributed by atoms with Crippen LogP contribution in [0.2, 0.25) is 0 Å². The van der Waals surface area contributed by atoms with E-state index >= 15 is 0 Å². The Kier molecular flexibility index (Phi) is 3.85. The topological polar surface area (TPSA) is 75.4 Å². The molecule has 5 nitrogen and oxygen atoms in total. The standard InChI is InChI=1S/C14H19N3O2/c1-9(7-15)14(19)17(2)8-10-3-4-12-11(5-10)6-13(18)16-12/h3-5,9H,6-8,15H2,1-2H3,(H,16,18). The summed E-state index contributed by atoms with van der Waals surface area (Å²) in [5.74, 6) is -0.104. The predicted molar refractivity (Wildman–Crippen MR) is 73.5 cm³/mol. The molecule has 0 saturated carbocycles. The number of hydrogen-bond donors (Lipinski definition) is 2. The van der Waals surface area contributed by atoms with Crippen molar-refractivity contribution in [3.63, 3.8) is 0 Å². The lowest BCUT2D eigenvalue weighted by atomic mass is 10.1. The molecule has 2 amide bonds. The quantitative estimate of drug-likeness (QED) is 0.839. The molecule has 1 unspecified atom stereocenters. The van der Waals surface area contributed by atoms with Gasteiger partial charge in [0.25, 0.3) is 0 Å². The fourth-order valence-corrected chi connectivity index (χ4v) is 2.21. The van der Waals surface area contributed by atoms with Crippen LogP contribution in [0.5, 0.6) is 0 Å². The fourth-order valence-electron chi connectivity index (χ4n) is 2.21. The summed E-state index contributed by atoms with van der Waals surface area (Å²) in [7, 11) is 1.77. The molecule has 0 fully saturated rings. The number of rotatable bonds is 4. The molecule has 102 valence electrons. The first-order chi connectivity index (χ1) is 9.01. The number of carbonyl (C=O) groups excluding carboxylic acids is 2. The van der Waals surface area contributed by atoms with Gasteiger partial charge in [-0.3, -0.25) is 9.59 Å². The molecule has 2 rings (SSSR count). The highest BCUT2D eigenvalue weighted by Gasteiger charge is 2.19. The Bertz CT molecular complexity index is 513. The third kappa shape index (κ3) is 2.93. The molecule has 5 heteroatoms. The Labute approximate surface area is 112 Å². The minimum absolute atomic E-state index is 0.0216. The molecule has 1 aromatic rings. The van der Waals surface area contributed by atoms with E-state index in [0.29, 0.717) is 19.5 Å². The van der Waals surface area contributed by atoms with Gasteiger partial charge in [-0.25, -0.2) is 0 Å². The van der Waals surface area contributed by atoms with Gasteiger partial charge in [0.2, 0.25) is 11.8 Å². The Balaban J connectivity index is 2.06. The highest BCUT2D eigenvalue weighted by Crippen LogP contribution is 2.24. The van der Waals surface area contributed by atoms with Crippen molar-refractivity contribution in [2.75, 3.05) is 18.9 Å². The van der Waals surface area contributed by atoms with Crippen LogP contribution in [0, 0.1) is 5.92 Å². The summed E-state index contributed by atoms with van der Waals surface area (Å²) in [6, 6.07) is 5.80. The van der Waals surface area contributed by atoms with E-state index in [1.54, 1.807) is 11.9 Å². The second-order valence-electron chi connectivity index (χ2n) is 5.05. The van der Waals surface area contributed by atoms with Gasteiger partial charge in [0.05, 0.1) is 6.42 Å². The van der Waals surface area contributed by atoms with E-state index in [1.165, 1.54) is 0 Å². The van der Waals surface area contributed by atoms with Crippen LogP contribution in [-0.4, -0.2) is 30.3 Å². The van der Waals surface area contributed by atoms with Crippen molar-refractivity contribution in [1.82, 2.24) is 4.90 Å². The lowest BCUT2D eigenvalue weighted by Crippen LogP contribution is -2.34. The van der Waals surface area contributed by atoms with Gasteiger partial charge >= 0.3 is 0 Å². The van der Waals surface area contributed by atoms with Crippen LogP contribution in [0.3, 0.4) is 0 Å². The van der Waals surface area contributed by atoms with Crippen LogP contribution in [-0.2, 0) is 22.6 Å². The largest absolute Gasteiger partial charge is 0.341 e. The molecular formula is C14H19N3O2. The number of fused-ring (bicyclic) bond motifs is 1. The van der Waals surface area contributed by atoms with Crippen molar-refractivity contribution < 1.29 is 9.59 Å². The van der Waals surface area contributed by atoms with E-state index in [2.05, 4.69) is 5.32 Å². The monoisotopic (exact) mass is 261 g/mol. The molecule has 0 bridgehead atoms. The van der Waals surface area contributed by atoms with Crippen LogP contribution in [0.4, 0.5) is 5.69 Å². The molecule has 1 aliphatic rings. The molecule has 0 radical (unpaired) electrons. The first-order valence-corrected chi connectivity index (χ1v) is 6.38. The highest BCUT2D eigenvalue weighted by molar-refractivity contribution is 5.99. The van der Waals surface area contributed by atoms with Gasteiger partial charge in [-0.1, -0.05) is 19.1 Å². The number of amides is 2. The molecule has 3 N–H and O–H groups in total. The molecule has 0 aromatic heterocycles. The van der Waals surface area contributed by atoms with Gasteiger partial charge in [0.15, 0.2) is 0 Å². The molecule has 1 aliphatic heterocycles. The van der Waals surface area contributed by atoms with Gasteiger partial charge in [-0.05, 0) is 17.2 Å². The van der Waals surface area contributed by atoms with Crippen molar-refractivity contribution in [1.29, 1.82) is 0 Å². The summed E-state index contributed by atoms with van der Waals surface area (Å²) in [6.45, 7) is 2.71. The average molecular weight is 261 g/mol. The molecular weight excluding hydrogens is 242 g/mol. The number of benzene rings is 1. The van der Waals surface area contributed by atoms with Crippen molar-refractivity contribution in [3.05, 3.63) is 29.3 Å². The number of nitrogens with one attached hydrogen (secondary N) is 1. The zero-order chi connectivity index (χ0) is 14.0. The molecule has 19 heavy (non-hydrogen) atoms. The Hall–Kier alpha value is -1.88. The SMILES string of the molecule is CC(CN)C(=O)N(C)Cc1ccc2c(c1)CC(=O)N2. The molecule has 0 spiro atoms.